The van der Waals surface area contributed by atoms with Crippen molar-refractivity contribution in [3.05, 3.63) is 60.7 Å². The molecule has 0 radical (unpaired) electrons. The molecule has 0 saturated heterocycles. The van der Waals surface area contributed by atoms with Gasteiger partial charge in [-0.3, -0.25) is 0 Å². The molecule has 0 saturated carbocycles. The molecule has 0 bridgehead atoms. The average molecular weight is 512 g/mol. The smallest absolute Gasteiger partial charge is 0.115 e. The summed E-state index contributed by atoms with van der Waals surface area (Å²) < 4.78 is 0. The molecule has 18 heavy (non-hydrogen) atoms. The van der Waals surface area contributed by atoms with Gasteiger partial charge in [0.2, 0.25) is 0 Å². The fraction of sp³-hybridized carbons (Fsp3) is 0. The minimum Gasteiger partial charge on any atom is -0.508 e. The van der Waals surface area contributed by atoms with Gasteiger partial charge in [-0.15, -0.1) is 67.9 Å². The van der Waals surface area contributed by atoms with E-state index in [0.717, 1.165) is 0 Å². The van der Waals surface area contributed by atoms with E-state index in [2.05, 4.69) is 0 Å². The monoisotopic (exact) mass is 508 g/mol. The zero-order valence-electron chi connectivity index (χ0n) is 9.30. The molecule has 0 amide bonds. The highest BCUT2D eigenvalue weighted by Crippen LogP contribution is 2.03. The summed E-state index contributed by atoms with van der Waals surface area (Å²) >= 11 is 0. The number of halogens is 4. The van der Waals surface area contributed by atoms with Gasteiger partial charge in [-0.2, -0.15) is 0 Å². The molecule has 0 aromatic heterocycles. The highest BCUT2D eigenvalue weighted by molar-refractivity contribution is 8.93. The topological polar surface area (TPSA) is 40.5 Å². The maximum absolute atomic E-state index is 8.63. The first-order valence-electron chi connectivity index (χ1n) is 4.27. The van der Waals surface area contributed by atoms with E-state index in [1.807, 2.05) is 12.1 Å². The van der Waals surface area contributed by atoms with Crippen molar-refractivity contribution in [1.29, 1.82) is 0 Å². The van der Waals surface area contributed by atoms with Gasteiger partial charge in [0.25, 0.3) is 0 Å². The number of phenolic OH excluding ortho intramolecular Hbond substituents is 2. The quantitative estimate of drug-likeness (QED) is 0.517. The number of para-hydroxylation sites is 2. The van der Waals surface area contributed by atoms with E-state index in [1.54, 1.807) is 48.5 Å². The molecule has 0 aliphatic carbocycles. The molecule has 0 heterocycles. The van der Waals surface area contributed by atoms with Gasteiger partial charge in [-0.25, -0.2) is 0 Å². The van der Waals surface area contributed by atoms with Crippen LogP contribution in [0.2, 0.25) is 0 Å². The number of aromatic hydroxyl groups is 2. The fourth-order valence-electron chi connectivity index (χ4n) is 0.856. The van der Waals surface area contributed by atoms with Gasteiger partial charge in [-0.1, -0.05) is 36.4 Å². The lowest BCUT2D eigenvalue weighted by Gasteiger charge is -1.82. The summed E-state index contributed by atoms with van der Waals surface area (Å²) in [6.07, 6.45) is 0. The molecule has 0 unspecified atom stereocenters. The highest BCUT2D eigenvalue weighted by Gasteiger charge is 1.75. The number of benzene rings is 2. The third kappa shape index (κ3) is 14.0. The van der Waals surface area contributed by atoms with Crippen molar-refractivity contribution in [3.8, 4) is 11.5 Å². The Bertz CT molecular complexity index is 319. The number of phenols is 2. The second kappa shape index (κ2) is 17.0. The van der Waals surface area contributed by atoms with Crippen molar-refractivity contribution >= 4 is 67.9 Å². The zero-order valence-corrected chi connectivity index (χ0v) is 16.2. The van der Waals surface area contributed by atoms with Crippen LogP contribution in [0.1, 0.15) is 0 Å². The van der Waals surface area contributed by atoms with Gasteiger partial charge in [0, 0.05) is 0 Å². The summed E-state index contributed by atoms with van der Waals surface area (Å²) in [5.41, 5.74) is 0. The molecule has 2 nitrogen and oxygen atoms in total. The molecule has 104 valence electrons. The maximum Gasteiger partial charge on any atom is 0.115 e. The molecule has 2 aromatic carbocycles. The van der Waals surface area contributed by atoms with Crippen LogP contribution in [-0.4, -0.2) is 10.2 Å². The van der Waals surface area contributed by atoms with Crippen LogP contribution in [0.15, 0.2) is 60.7 Å². The summed E-state index contributed by atoms with van der Waals surface area (Å²) in [5.74, 6) is 0.644. The Morgan fingerprint density at radius 2 is 0.667 bits per heavy atom. The molecule has 0 atom stereocenters. The Labute approximate surface area is 149 Å². The van der Waals surface area contributed by atoms with E-state index >= 15 is 0 Å². The summed E-state index contributed by atoms with van der Waals surface area (Å²) in [5, 5.41) is 17.3. The summed E-state index contributed by atoms with van der Waals surface area (Å²) in [6.45, 7) is 0. The standard InChI is InChI=1S/2C6H6O.4BrH/c2*7-6-4-2-1-3-5-6;;;;/h2*1-5,7H;4*1H. The molecule has 0 aliphatic heterocycles. The predicted molar refractivity (Wildman–Crippen MR) is 97.5 cm³/mol. The molecule has 6 heteroatoms. The molecule has 0 spiro atoms. The van der Waals surface area contributed by atoms with Gasteiger partial charge in [0.1, 0.15) is 11.5 Å². The second-order valence-corrected chi connectivity index (χ2v) is 2.67. The van der Waals surface area contributed by atoms with Crippen LogP contribution in [0.25, 0.3) is 0 Å². The number of rotatable bonds is 0. The highest BCUT2D eigenvalue weighted by atomic mass is 79.9. The Balaban J connectivity index is -0.0000000891. The van der Waals surface area contributed by atoms with Crippen molar-refractivity contribution in [2.45, 2.75) is 0 Å². The van der Waals surface area contributed by atoms with Crippen LogP contribution in [-0.2, 0) is 0 Å². The van der Waals surface area contributed by atoms with Crippen LogP contribution >= 0.6 is 67.9 Å². The largest absolute Gasteiger partial charge is 0.508 e. The first kappa shape index (κ1) is 26.5. The lowest BCUT2D eigenvalue weighted by molar-refractivity contribution is 0.475. The average Bonchev–Trinajstić information content (AvgIpc) is 2.21. The zero-order chi connectivity index (χ0) is 10.2. The lowest BCUT2D eigenvalue weighted by Crippen LogP contribution is -1.56. The normalized spacial score (nSPS) is 6.67. The van der Waals surface area contributed by atoms with Gasteiger partial charge in [0.15, 0.2) is 0 Å². The van der Waals surface area contributed by atoms with Gasteiger partial charge in [-0.05, 0) is 24.3 Å². The van der Waals surface area contributed by atoms with E-state index in [1.165, 1.54) is 0 Å². The van der Waals surface area contributed by atoms with Crippen molar-refractivity contribution in [1.82, 2.24) is 0 Å². The molecule has 0 fully saturated rings. The Morgan fingerprint density at radius 3 is 0.778 bits per heavy atom. The first-order valence-corrected chi connectivity index (χ1v) is 4.27. The van der Waals surface area contributed by atoms with E-state index in [9.17, 15) is 0 Å². The fourth-order valence-corrected chi connectivity index (χ4v) is 0.856. The Kier molecular flexibility index (Phi) is 25.0. The van der Waals surface area contributed by atoms with Crippen molar-refractivity contribution in [2.75, 3.05) is 0 Å². The molecule has 2 rings (SSSR count). The summed E-state index contributed by atoms with van der Waals surface area (Å²) in [4.78, 5) is 0. The third-order valence-electron chi connectivity index (χ3n) is 1.51. The summed E-state index contributed by atoms with van der Waals surface area (Å²) in [6, 6.07) is 17.4. The molecule has 2 N–H and O–H groups in total. The van der Waals surface area contributed by atoms with Gasteiger partial charge < -0.3 is 10.2 Å². The van der Waals surface area contributed by atoms with E-state index in [4.69, 9.17) is 10.2 Å². The number of hydrogen-bond donors (Lipinski definition) is 2. The first-order chi connectivity index (χ1) is 6.79. The second-order valence-electron chi connectivity index (χ2n) is 2.67. The third-order valence-corrected chi connectivity index (χ3v) is 1.51. The molecular weight excluding hydrogens is 496 g/mol. The van der Waals surface area contributed by atoms with E-state index < -0.39 is 0 Å². The van der Waals surface area contributed by atoms with Crippen LogP contribution in [0.5, 0.6) is 11.5 Å². The molecular formula is C12H16Br4O2. The van der Waals surface area contributed by atoms with Crippen LogP contribution in [0, 0.1) is 0 Å². The van der Waals surface area contributed by atoms with Crippen molar-refractivity contribution < 1.29 is 10.2 Å². The van der Waals surface area contributed by atoms with Crippen LogP contribution in [0.3, 0.4) is 0 Å². The Morgan fingerprint density at radius 1 is 0.444 bits per heavy atom. The van der Waals surface area contributed by atoms with Gasteiger partial charge in [0.05, 0.1) is 0 Å². The number of hydrogen-bond acceptors (Lipinski definition) is 2. The van der Waals surface area contributed by atoms with Crippen LogP contribution < -0.4 is 0 Å². The minimum absolute atomic E-state index is 0. The maximum atomic E-state index is 8.63. The SMILES string of the molecule is Br.Br.Br.Br.Oc1ccccc1.Oc1ccccc1. The van der Waals surface area contributed by atoms with Crippen molar-refractivity contribution in [2.24, 2.45) is 0 Å². The van der Waals surface area contributed by atoms with E-state index in [-0.39, 0.29) is 67.9 Å². The summed E-state index contributed by atoms with van der Waals surface area (Å²) in [7, 11) is 0. The van der Waals surface area contributed by atoms with Crippen LogP contribution in [0.4, 0.5) is 0 Å². The minimum atomic E-state index is 0. The van der Waals surface area contributed by atoms with E-state index in [0.29, 0.717) is 11.5 Å². The van der Waals surface area contributed by atoms with Gasteiger partial charge >= 0.3 is 0 Å². The molecule has 2 aromatic rings. The van der Waals surface area contributed by atoms with Crippen molar-refractivity contribution in [3.63, 3.8) is 0 Å². The predicted octanol–water partition coefficient (Wildman–Crippen LogP) is 5.10. The molecule has 0 aliphatic rings. The Hall–Kier alpha value is -0.0400. The lowest BCUT2D eigenvalue weighted by atomic mass is 10.3.